The first-order valence-corrected chi connectivity index (χ1v) is 4.81. The molecule has 2 rings (SSSR count). The van der Waals surface area contributed by atoms with E-state index < -0.39 is 12.6 Å². The minimum atomic E-state index is -2.92. The Bertz CT molecular complexity index is 568. The number of benzene rings is 1. The molecular formula is C11H7F2NO4. The van der Waals surface area contributed by atoms with Gasteiger partial charge in [-0.15, -0.1) is 0 Å². The highest BCUT2D eigenvalue weighted by molar-refractivity contribution is 5.85. The van der Waals surface area contributed by atoms with Crippen molar-refractivity contribution in [3.8, 4) is 17.0 Å². The van der Waals surface area contributed by atoms with Crippen LogP contribution in [0.5, 0.6) is 5.75 Å². The quantitative estimate of drug-likeness (QED) is 0.909. The topological polar surface area (TPSA) is 72.6 Å². The molecule has 0 fully saturated rings. The molecule has 1 aromatic heterocycles. The second-order valence-corrected chi connectivity index (χ2v) is 3.29. The summed E-state index contributed by atoms with van der Waals surface area (Å²) >= 11 is 0. The van der Waals surface area contributed by atoms with E-state index in [4.69, 9.17) is 5.11 Å². The highest BCUT2D eigenvalue weighted by Crippen LogP contribution is 2.24. The smallest absolute Gasteiger partial charge is 0.387 e. The van der Waals surface area contributed by atoms with E-state index in [1.807, 2.05) is 0 Å². The van der Waals surface area contributed by atoms with Crippen molar-refractivity contribution in [3.05, 3.63) is 36.1 Å². The van der Waals surface area contributed by atoms with Gasteiger partial charge < -0.3 is 14.4 Å². The van der Waals surface area contributed by atoms with E-state index in [1.54, 1.807) is 6.07 Å². The largest absolute Gasteiger partial charge is 0.475 e. The van der Waals surface area contributed by atoms with Gasteiger partial charge in [0.15, 0.2) is 0 Å². The minimum Gasteiger partial charge on any atom is -0.475 e. The molecule has 0 spiro atoms. The van der Waals surface area contributed by atoms with E-state index in [0.29, 0.717) is 5.56 Å². The van der Waals surface area contributed by atoms with Crippen LogP contribution in [0.1, 0.15) is 10.6 Å². The third kappa shape index (κ3) is 2.62. The summed E-state index contributed by atoms with van der Waals surface area (Å²) in [6, 6.07) is 6.93. The van der Waals surface area contributed by atoms with Crippen molar-refractivity contribution in [2.75, 3.05) is 0 Å². The van der Waals surface area contributed by atoms with Gasteiger partial charge in [-0.25, -0.2) is 4.79 Å². The molecule has 1 N–H and O–H groups in total. The van der Waals surface area contributed by atoms with Gasteiger partial charge in [0, 0.05) is 11.6 Å². The number of ether oxygens (including phenoxy) is 1. The molecule has 94 valence electrons. The summed E-state index contributed by atoms with van der Waals surface area (Å²) in [5.74, 6) is -1.62. The Kier molecular flexibility index (Phi) is 3.22. The van der Waals surface area contributed by atoms with Crippen molar-refractivity contribution in [3.63, 3.8) is 0 Å². The SMILES string of the molecule is O=C(O)c1cc(-c2cccc(OC(F)F)c2)no1. The monoisotopic (exact) mass is 255 g/mol. The molecule has 2 aromatic rings. The van der Waals surface area contributed by atoms with Crippen molar-refractivity contribution in [2.45, 2.75) is 6.61 Å². The number of carboxylic acid groups (broad SMARTS) is 1. The van der Waals surface area contributed by atoms with Gasteiger partial charge in [0.05, 0.1) is 0 Å². The molecule has 7 heteroatoms. The summed E-state index contributed by atoms with van der Waals surface area (Å²) in [4.78, 5) is 10.6. The van der Waals surface area contributed by atoms with Crippen molar-refractivity contribution in [2.24, 2.45) is 0 Å². The van der Waals surface area contributed by atoms with Crippen molar-refractivity contribution >= 4 is 5.97 Å². The van der Waals surface area contributed by atoms with E-state index in [1.165, 1.54) is 24.3 Å². The molecule has 5 nitrogen and oxygen atoms in total. The van der Waals surface area contributed by atoms with Gasteiger partial charge in [0.2, 0.25) is 5.76 Å². The summed E-state index contributed by atoms with van der Waals surface area (Å²) in [5.41, 5.74) is 0.650. The maximum Gasteiger partial charge on any atom is 0.387 e. The van der Waals surface area contributed by atoms with Crippen LogP contribution in [-0.4, -0.2) is 22.8 Å². The van der Waals surface area contributed by atoms with Gasteiger partial charge in [0.1, 0.15) is 11.4 Å². The van der Waals surface area contributed by atoms with E-state index in [9.17, 15) is 13.6 Å². The standard InChI is InChI=1S/C11H7F2NO4/c12-11(13)17-7-3-1-2-6(4-7)8-5-9(10(15)16)18-14-8/h1-5,11H,(H,15,16). The number of aromatic carboxylic acids is 1. The fourth-order valence-corrected chi connectivity index (χ4v) is 1.34. The van der Waals surface area contributed by atoms with Crippen LogP contribution in [0.2, 0.25) is 0 Å². The highest BCUT2D eigenvalue weighted by Gasteiger charge is 2.13. The van der Waals surface area contributed by atoms with Crippen LogP contribution >= 0.6 is 0 Å². The number of aromatic nitrogens is 1. The van der Waals surface area contributed by atoms with Crippen molar-refractivity contribution in [1.82, 2.24) is 5.16 Å². The average Bonchev–Trinajstić information content (AvgIpc) is 2.77. The fourth-order valence-electron chi connectivity index (χ4n) is 1.34. The average molecular weight is 255 g/mol. The summed E-state index contributed by atoms with van der Waals surface area (Å²) in [5, 5.41) is 12.2. The lowest BCUT2D eigenvalue weighted by Crippen LogP contribution is -2.01. The normalized spacial score (nSPS) is 10.6. The number of rotatable bonds is 4. The number of hydrogen-bond acceptors (Lipinski definition) is 4. The van der Waals surface area contributed by atoms with Crippen LogP contribution in [0.3, 0.4) is 0 Å². The first kappa shape index (κ1) is 12.0. The van der Waals surface area contributed by atoms with Gasteiger partial charge in [0.25, 0.3) is 0 Å². The number of alkyl halides is 2. The Hall–Kier alpha value is -2.44. The summed E-state index contributed by atoms with van der Waals surface area (Å²) in [6.07, 6.45) is 0. The van der Waals surface area contributed by atoms with E-state index >= 15 is 0 Å². The van der Waals surface area contributed by atoms with E-state index in [0.717, 1.165) is 0 Å². The summed E-state index contributed by atoms with van der Waals surface area (Å²) < 4.78 is 32.8. The van der Waals surface area contributed by atoms with Gasteiger partial charge in [-0.05, 0) is 12.1 Å². The third-order valence-electron chi connectivity index (χ3n) is 2.08. The molecule has 0 saturated carbocycles. The molecule has 0 unspecified atom stereocenters. The first-order chi connectivity index (χ1) is 8.56. The van der Waals surface area contributed by atoms with Crippen molar-refractivity contribution in [1.29, 1.82) is 0 Å². The van der Waals surface area contributed by atoms with Crippen LogP contribution in [0.15, 0.2) is 34.9 Å². The predicted octanol–water partition coefficient (Wildman–Crippen LogP) is 2.64. The van der Waals surface area contributed by atoms with Gasteiger partial charge in [-0.1, -0.05) is 17.3 Å². The Labute approximate surface area is 99.6 Å². The lowest BCUT2D eigenvalue weighted by molar-refractivity contribution is -0.0498. The van der Waals surface area contributed by atoms with Crippen LogP contribution in [0.4, 0.5) is 8.78 Å². The second-order valence-electron chi connectivity index (χ2n) is 3.29. The lowest BCUT2D eigenvalue weighted by atomic mass is 10.1. The maximum atomic E-state index is 12.0. The molecule has 0 bridgehead atoms. The molecule has 0 atom stereocenters. The maximum absolute atomic E-state index is 12.0. The molecule has 1 aromatic carbocycles. The van der Waals surface area contributed by atoms with Gasteiger partial charge in [-0.3, -0.25) is 0 Å². The summed E-state index contributed by atoms with van der Waals surface area (Å²) in [7, 11) is 0. The molecule has 0 radical (unpaired) electrons. The number of carboxylic acids is 1. The van der Waals surface area contributed by atoms with Crippen LogP contribution in [0.25, 0.3) is 11.3 Å². The zero-order valence-corrected chi connectivity index (χ0v) is 8.84. The second kappa shape index (κ2) is 4.82. The number of carbonyl (C=O) groups is 1. The Morgan fingerprint density at radius 3 is 2.78 bits per heavy atom. The zero-order valence-electron chi connectivity index (χ0n) is 8.84. The number of halogens is 2. The van der Waals surface area contributed by atoms with Crippen molar-refractivity contribution < 1.29 is 27.9 Å². The molecule has 0 aliphatic rings. The van der Waals surface area contributed by atoms with Gasteiger partial charge >= 0.3 is 12.6 Å². The van der Waals surface area contributed by atoms with Crippen LogP contribution in [-0.2, 0) is 0 Å². The third-order valence-corrected chi connectivity index (χ3v) is 2.08. The molecule has 18 heavy (non-hydrogen) atoms. The van der Waals surface area contributed by atoms with Gasteiger partial charge in [-0.2, -0.15) is 8.78 Å². The summed E-state index contributed by atoms with van der Waals surface area (Å²) in [6.45, 7) is -2.92. The minimum absolute atomic E-state index is 0.0395. The van der Waals surface area contributed by atoms with Crippen LogP contribution < -0.4 is 4.74 Å². The lowest BCUT2D eigenvalue weighted by Gasteiger charge is -2.04. The molecular weight excluding hydrogens is 248 g/mol. The first-order valence-electron chi connectivity index (χ1n) is 4.81. The Morgan fingerprint density at radius 1 is 1.39 bits per heavy atom. The highest BCUT2D eigenvalue weighted by atomic mass is 19.3. The predicted molar refractivity (Wildman–Crippen MR) is 55.5 cm³/mol. The molecule has 0 amide bonds. The Balaban J connectivity index is 2.29. The van der Waals surface area contributed by atoms with E-state index in [2.05, 4.69) is 14.4 Å². The Morgan fingerprint density at radius 2 is 2.17 bits per heavy atom. The van der Waals surface area contributed by atoms with Crippen LogP contribution in [0, 0.1) is 0 Å². The molecule has 0 saturated heterocycles. The number of hydrogen-bond donors (Lipinski definition) is 1. The molecule has 0 aliphatic heterocycles. The molecule has 1 heterocycles. The molecule has 0 aliphatic carbocycles. The fraction of sp³-hybridized carbons (Fsp3) is 0.0909. The zero-order chi connectivity index (χ0) is 13.1. The van der Waals surface area contributed by atoms with E-state index in [-0.39, 0.29) is 17.2 Å². The number of nitrogens with zero attached hydrogens (tertiary/aromatic N) is 1.